The van der Waals surface area contributed by atoms with Gasteiger partial charge in [0.2, 0.25) is 0 Å². The number of rotatable bonds is 2. The fraction of sp³-hybridized carbons (Fsp3) is 0.188. The number of halogens is 1. The van der Waals surface area contributed by atoms with Gasteiger partial charge in [-0.25, -0.2) is 4.98 Å². The number of amides is 1. The van der Waals surface area contributed by atoms with Gasteiger partial charge in [0.25, 0.3) is 11.7 Å². The summed E-state index contributed by atoms with van der Waals surface area (Å²) in [6.45, 7) is 4.02. The van der Waals surface area contributed by atoms with Crippen molar-refractivity contribution in [3.63, 3.8) is 0 Å². The Morgan fingerprint density at radius 2 is 1.95 bits per heavy atom. The molecule has 5 heteroatoms. The monoisotopic (exact) mass is 300 g/mol. The second-order valence-electron chi connectivity index (χ2n) is 5.15. The predicted molar refractivity (Wildman–Crippen MR) is 80.7 cm³/mol. The molecule has 1 amide bonds. The van der Waals surface area contributed by atoms with Crippen LogP contribution in [0.5, 0.6) is 0 Å². The van der Waals surface area contributed by atoms with E-state index in [1.54, 1.807) is 18.2 Å². The molecule has 0 saturated carbocycles. The minimum Gasteiger partial charge on any atom is -0.299 e. The largest absolute Gasteiger partial charge is 0.299 e. The van der Waals surface area contributed by atoms with E-state index >= 15 is 0 Å². The highest BCUT2D eigenvalue weighted by atomic mass is 35.5. The number of Topliss-reactive ketones (excluding diaryl/α,β-unsaturated/α-hetero) is 1. The number of carbonyl (C=O) groups excluding carboxylic acids is 2. The number of pyridine rings is 1. The summed E-state index contributed by atoms with van der Waals surface area (Å²) in [5, 5.41) is 0.367. The molecule has 0 radical (unpaired) electrons. The van der Waals surface area contributed by atoms with Gasteiger partial charge < -0.3 is 0 Å². The maximum absolute atomic E-state index is 12.2. The predicted octanol–water partition coefficient (Wildman–Crippen LogP) is 3.08. The number of ketones is 1. The summed E-state index contributed by atoms with van der Waals surface area (Å²) in [4.78, 5) is 30.0. The molecule has 2 aromatic rings. The number of carbonyl (C=O) groups is 2. The average Bonchev–Trinajstić information content (AvgIpc) is 2.64. The van der Waals surface area contributed by atoms with Crippen LogP contribution in [-0.2, 0) is 11.3 Å². The normalized spacial score (nSPS) is 13.8. The first-order valence-corrected chi connectivity index (χ1v) is 6.94. The van der Waals surface area contributed by atoms with E-state index in [0.717, 1.165) is 11.1 Å². The fourth-order valence-electron chi connectivity index (χ4n) is 2.65. The maximum atomic E-state index is 12.2. The molecule has 0 fully saturated rings. The van der Waals surface area contributed by atoms with Crippen LogP contribution in [0, 0.1) is 13.8 Å². The Bertz CT molecular complexity index is 771. The summed E-state index contributed by atoms with van der Waals surface area (Å²) < 4.78 is 0. The van der Waals surface area contributed by atoms with E-state index in [2.05, 4.69) is 4.98 Å². The summed E-state index contributed by atoms with van der Waals surface area (Å²) in [5.41, 5.74) is 3.63. The van der Waals surface area contributed by atoms with Crippen LogP contribution < -0.4 is 4.90 Å². The van der Waals surface area contributed by atoms with Crippen LogP contribution in [0.3, 0.4) is 0 Å². The number of benzene rings is 1. The molecule has 21 heavy (non-hydrogen) atoms. The van der Waals surface area contributed by atoms with E-state index in [4.69, 9.17) is 11.6 Å². The van der Waals surface area contributed by atoms with Crippen LogP contribution in [0.2, 0.25) is 5.15 Å². The number of aromatic nitrogens is 1. The van der Waals surface area contributed by atoms with E-state index < -0.39 is 11.7 Å². The summed E-state index contributed by atoms with van der Waals surface area (Å²) in [6.07, 6.45) is 0. The standard InChI is InChI=1S/C16H13ClN2O2/c1-9-6-10(2)14-12(7-9)19(16(21)15(14)20)8-11-4-3-5-13(17)18-11/h3-7H,8H2,1-2H3. The quantitative estimate of drug-likeness (QED) is 0.632. The number of fused-ring (bicyclic) bond motifs is 1. The van der Waals surface area contributed by atoms with Crippen molar-refractivity contribution in [2.75, 3.05) is 4.90 Å². The van der Waals surface area contributed by atoms with Crippen molar-refractivity contribution in [3.05, 3.63) is 57.9 Å². The Balaban J connectivity index is 2.05. The van der Waals surface area contributed by atoms with Crippen LogP contribution in [0.25, 0.3) is 0 Å². The van der Waals surface area contributed by atoms with Crippen molar-refractivity contribution in [3.8, 4) is 0 Å². The average molecular weight is 301 g/mol. The third-order valence-corrected chi connectivity index (χ3v) is 3.72. The van der Waals surface area contributed by atoms with Crippen molar-refractivity contribution >= 4 is 29.0 Å². The van der Waals surface area contributed by atoms with E-state index in [1.807, 2.05) is 26.0 Å². The number of aryl methyl sites for hydroxylation is 2. The zero-order chi connectivity index (χ0) is 15.1. The van der Waals surface area contributed by atoms with Crippen molar-refractivity contribution < 1.29 is 9.59 Å². The Morgan fingerprint density at radius 3 is 2.67 bits per heavy atom. The van der Waals surface area contributed by atoms with Gasteiger partial charge in [-0.15, -0.1) is 0 Å². The molecule has 0 atom stereocenters. The van der Waals surface area contributed by atoms with Crippen LogP contribution in [0.15, 0.2) is 30.3 Å². The van der Waals surface area contributed by atoms with Gasteiger partial charge in [0, 0.05) is 0 Å². The molecule has 0 saturated heterocycles. The van der Waals surface area contributed by atoms with Gasteiger partial charge >= 0.3 is 0 Å². The first kappa shape index (κ1) is 13.8. The van der Waals surface area contributed by atoms with Crippen molar-refractivity contribution in [2.45, 2.75) is 20.4 Å². The fourth-order valence-corrected chi connectivity index (χ4v) is 2.83. The van der Waals surface area contributed by atoms with Crippen LogP contribution in [-0.4, -0.2) is 16.7 Å². The molecule has 1 aliphatic heterocycles. The molecular weight excluding hydrogens is 288 g/mol. The Labute approximate surface area is 127 Å². The SMILES string of the molecule is Cc1cc(C)c2c(c1)N(Cc1cccc(Cl)n1)C(=O)C2=O. The molecule has 0 unspecified atom stereocenters. The van der Waals surface area contributed by atoms with E-state index in [-0.39, 0.29) is 6.54 Å². The maximum Gasteiger partial charge on any atom is 0.299 e. The second kappa shape index (κ2) is 4.97. The Hall–Kier alpha value is -2.20. The van der Waals surface area contributed by atoms with Gasteiger partial charge in [-0.05, 0) is 43.2 Å². The first-order chi connectivity index (χ1) is 9.97. The van der Waals surface area contributed by atoms with Crippen LogP contribution in [0.1, 0.15) is 27.2 Å². The molecule has 2 heterocycles. The first-order valence-electron chi connectivity index (χ1n) is 6.56. The molecule has 1 aliphatic rings. The van der Waals surface area contributed by atoms with Crippen molar-refractivity contribution in [1.29, 1.82) is 0 Å². The van der Waals surface area contributed by atoms with Crippen LogP contribution in [0.4, 0.5) is 5.69 Å². The number of hydrogen-bond acceptors (Lipinski definition) is 3. The molecule has 0 bridgehead atoms. The minimum absolute atomic E-state index is 0.237. The second-order valence-corrected chi connectivity index (χ2v) is 5.54. The Morgan fingerprint density at radius 1 is 1.19 bits per heavy atom. The summed E-state index contributed by atoms with van der Waals surface area (Å²) in [6, 6.07) is 8.99. The summed E-state index contributed by atoms with van der Waals surface area (Å²) in [7, 11) is 0. The van der Waals surface area contributed by atoms with Gasteiger partial charge in [0.05, 0.1) is 23.5 Å². The van der Waals surface area contributed by atoms with Gasteiger partial charge in [0.15, 0.2) is 0 Å². The lowest BCUT2D eigenvalue weighted by atomic mass is 10.0. The molecule has 106 valence electrons. The number of nitrogens with zero attached hydrogens (tertiary/aromatic N) is 2. The molecule has 0 aliphatic carbocycles. The smallest absolute Gasteiger partial charge is 0.299 e. The molecule has 1 aromatic carbocycles. The third-order valence-electron chi connectivity index (χ3n) is 3.51. The van der Waals surface area contributed by atoms with E-state index in [1.165, 1.54) is 4.90 Å². The van der Waals surface area contributed by atoms with E-state index in [9.17, 15) is 9.59 Å². The van der Waals surface area contributed by atoms with E-state index in [0.29, 0.717) is 22.1 Å². The molecule has 0 N–H and O–H groups in total. The summed E-state index contributed by atoms with van der Waals surface area (Å²) in [5.74, 6) is -0.968. The van der Waals surface area contributed by atoms with Gasteiger partial charge in [-0.2, -0.15) is 0 Å². The lowest BCUT2D eigenvalue weighted by molar-refractivity contribution is -0.114. The number of hydrogen-bond donors (Lipinski definition) is 0. The molecule has 1 aromatic heterocycles. The van der Waals surface area contributed by atoms with Gasteiger partial charge in [-0.1, -0.05) is 23.7 Å². The van der Waals surface area contributed by atoms with Crippen molar-refractivity contribution in [2.24, 2.45) is 0 Å². The molecule has 0 spiro atoms. The topological polar surface area (TPSA) is 50.3 Å². The van der Waals surface area contributed by atoms with Crippen molar-refractivity contribution in [1.82, 2.24) is 4.98 Å². The highest BCUT2D eigenvalue weighted by Crippen LogP contribution is 2.33. The van der Waals surface area contributed by atoms with Crippen LogP contribution >= 0.6 is 11.6 Å². The molecule has 3 rings (SSSR count). The highest BCUT2D eigenvalue weighted by Gasteiger charge is 2.37. The number of anilines is 1. The zero-order valence-electron chi connectivity index (χ0n) is 11.7. The molecular formula is C16H13ClN2O2. The molecule has 4 nitrogen and oxygen atoms in total. The third kappa shape index (κ3) is 2.32. The lowest BCUT2D eigenvalue weighted by Crippen LogP contribution is -2.29. The Kier molecular flexibility index (Phi) is 3.26. The summed E-state index contributed by atoms with van der Waals surface area (Å²) >= 11 is 5.86. The highest BCUT2D eigenvalue weighted by molar-refractivity contribution is 6.52. The minimum atomic E-state index is -0.513. The lowest BCUT2D eigenvalue weighted by Gasteiger charge is -2.17. The van der Waals surface area contributed by atoms with Gasteiger partial charge in [0.1, 0.15) is 5.15 Å². The van der Waals surface area contributed by atoms with Gasteiger partial charge in [-0.3, -0.25) is 14.5 Å². The zero-order valence-corrected chi connectivity index (χ0v) is 12.4.